The molecule has 8 nitrogen and oxygen atoms in total. The van der Waals surface area contributed by atoms with Crippen LogP contribution in [-0.2, 0) is 14.3 Å². The van der Waals surface area contributed by atoms with Crippen LogP contribution in [0.5, 0.6) is 0 Å². The number of unbranched alkanes of at least 4 members (excludes halogenated alkanes) is 12. The zero-order valence-electron chi connectivity index (χ0n) is 20.3. The van der Waals surface area contributed by atoms with Crippen LogP contribution in [0.25, 0.3) is 0 Å². The summed E-state index contributed by atoms with van der Waals surface area (Å²) in [5.41, 5.74) is 4.96. The molecule has 1 fully saturated rings. The number of esters is 1. The number of ether oxygens (including phenoxy) is 2. The highest BCUT2D eigenvalue weighted by Gasteiger charge is 2.36. The predicted molar refractivity (Wildman–Crippen MR) is 129 cm³/mol. The average Bonchev–Trinajstić information content (AvgIpc) is 3.15. The van der Waals surface area contributed by atoms with Crippen LogP contribution >= 0.6 is 0 Å². The van der Waals surface area contributed by atoms with Gasteiger partial charge in [-0.25, -0.2) is 4.79 Å². The molecule has 0 aromatic carbocycles. The number of carbonyl (C=O) groups excluding carboxylic acids is 1. The highest BCUT2D eigenvalue weighted by atomic mass is 16.6. The highest BCUT2D eigenvalue weighted by Crippen LogP contribution is 2.28. The van der Waals surface area contributed by atoms with E-state index in [1.807, 2.05) is 0 Å². The number of anilines is 1. The number of aliphatic hydroxyl groups is 1. The first kappa shape index (κ1) is 27.3. The second-order valence-corrected chi connectivity index (χ2v) is 9.15. The lowest BCUT2D eigenvalue weighted by Gasteiger charge is -2.16. The number of carbonyl (C=O) groups is 1. The Bertz CT molecular complexity index is 739. The summed E-state index contributed by atoms with van der Waals surface area (Å²) in [6.45, 7) is 2.23. The maximum atomic E-state index is 12.0. The number of aliphatic hydroxyl groups excluding tert-OH is 1. The van der Waals surface area contributed by atoms with Gasteiger partial charge in [-0.1, -0.05) is 84.0 Å². The maximum Gasteiger partial charge on any atom is 0.351 e. The Morgan fingerprint density at radius 1 is 1.09 bits per heavy atom. The molecule has 1 aliphatic rings. The third-order valence-electron chi connectivity index (χ3n) is 6.26. The van der Waals surface area contributed by atoms with Crippen molar-refractivity contribution in [3.63, 3.8) is 0 Å². The molecule has 2 heterocycles. The molecule has 8 heteroatoms. The van der Waals surface area contributed by atoms with E-state index in [2.05, 4.69) is 11.9 Å². The van der Waals surface area contributed by atoms with E-state index in [0.717, 1.165) is 19.3 Å². The summed E-state index contributed by atoms with van der Waals surface area (Å²) in [5.74, 6) is -0.142. The molecule has 0 saturated carbocycles. The van der Waals surface area contributed by atoms with Crippen LogP contribution in [0.1, 0.15) is 109 Å². The lowest BCUT2D eigenvalue weighted by Crippen LogP contribution is -2.29. The first-order chi connectivity index (χ1) is 16.0. The third-order valence-corrected chi connectivity index (χ3v) is 6.26. The molecule has 3 atom stereocenters. The van der Waals surface area contributed by atoms with Gasteiger partial charge in [-0.2, -0.15) is 4.98 Å². The van der Waals surface area contributed by atoms with Gasteiger partial charge in [-0.15, -0.1) is 0 Å². The Kier molecular flexibility index (Phi) is 13.1. The maximum absolute atomic E-state index is 12.0. The van der Waals surface area contributed by atoms with Crippen molar-refractivity contribution in [2.45, 2.75) is 122 Å². The van der Waals surface area contributed by atoms with Gasteiger partial charge in [0.05, 0.1) is 6.10 Å². The number of hydrogen-bond donors (Lipinski definition) is 2. The smallest absolute Gasteiger partial charge is 0.351 e. The Hall–Kier alpha value is -1.93. The van der Waals surface area contributed by atoms with Gasteiger partial charge in [-0.05, 0) is 12.5 Å². The molecule has 0 aliphatic carbocycles. The fourth-order valence-electron chi connectivity index (χ4n) is 4.22. The number of rotatable bonds is 17. The number of nitrogens with two attached hydrogens (primary N) is 1. The Morgan fingerprint density at radius 2 is 1.67 bits per heavy atom. The van der Waals surface area contributed by atoms with Crippen LogP contribution in [0.2, 0.25) is 0 Å². The van der Waals surface area contributed by atoms with Crippen LogP contribution in [0.15, 0.2) is 17.1 Å². The van der Waals surface area contributed by atoms with Crippen LogP contribution in [0.3, 0.4) is 0 Å². The van der Waals surface area contributed by atoms with Gasteiger partial charge in [0.1, 0.15) is 24.8 Å². The van der Waals surface area contributed by atoms with Gasteiger partial charge >= 0.3 is 11.7 Å². The minimum atomic E-state index is -0.816. The molecule has 1 saturated heterocycles. The summed E-state index contributed by atoms with van der Waals surface area (Å²) in [4.78, 5) is 27.6. The van der Waals surface area contributed by atoms with E-state index in [-0.39, 0.29) is 24.8 Å². The van der Waals surface area contributed by atoms with E-state index in [1.165, 1.54) is 81.0 Å². The molecule has 0 unspecified atom stereocenters. The first-order valence-corrected chi connectivity index (χ1v) is 12.8. The quantitative estimate of drug-likeness (QED) is 0.257. The summed E-state index contributed by atoms with van der Waals surface area (Å²) < 4.78 is 12.3. The molecule has 3 N–H and O–H groups in total. The van der Waals surface area contributed by atoms with E-state index in [9.17, 15) is 14.7 Å². The molecule has 0 bridgehead atoms. The van der Waals surface area contributed by atoms with Gasteiger partial charge in [0, 0.05) is 19.0 Å². The van der Waals surface area contributed by atoms with E-state index in [1.54, 1.807) is 0 Å². The topological polar surface area (TPSA) is 117 Å². The number of hydrogen-bond acceptors (Lipinski definition) is 7. The average molecular weight is 466 g/mol. The van der Waals surface area contributed by atoms with Gasteiger partial charge in [0.15, 0.2) is 0 Å². The molecule has 33 heavy (non-hydrogen) atoms. The Balaban J connectivity index is 1.47. The van der Waals surface area contributed by atoms with Gasteiger partial charge in [0.25, 0.3) is 0 Å². The summed E-state index contributed by atoms with van der Waals surface area (Å²) in [5, 5.41) is 10.2. The standard InChI is InChI=1S/C25H43N3O5/c1-2-3-4-5-6-7-8-9-10-11-12-13-14-15-24(30)32-19-21-20(29)18-23(33-21)28-17-16-22(26)27-25(28)31/h16-17,20-21,23,29H,2-15,18-19H2,1H3,(H2,26,27,31)/t20-,21+,23+/m0/s1. The summed E-state index contributed by atoms with van der Waals surface area (Å²) in [6.07, 6.45) is 16.3. The van der Waals surface area contributed by atoms with Crippen molar-refractivity contribution in [1.82, 2.24) is 9.55 Å². The second-order valence-electron chi connectivity index (χ2n) is 9.15. The van der Waals surface area contributed by atoms with Crippen molar-refractivity contribution in [1.29, 1.82) is 0 Å². The fraction of sp³-hybridized carbons (Fsp3) is 0.800. The zero-order chi connectivity index (χ0) is 23.9. The van der Waals surface area contributed by atoms with E-state index in [0.29, 0.717) is 6.42 Å². The summed E-state index contributed by atoms with van der Waals surface area (Å²) in [7, 11) is 0. The van der Waals surface area contributed by atoms with E-state index < -0.39 is 24.1 Å². The van der Waals surface area contributed by atoms with Crippen LogP contribution in [0, 0.1) is 0 Å². The van der Waals surface area contributed by atoms with Gasteiger partial charge in [0.2, 0.25) is 0 Å². The van der Waals surface area contributed by atoms with Crippen LogP contribution in [-0.4, -0.2) is 39.4 Å². The zero-order valence-corrected chi connectivity index (χ0v) is 20.3. The summed E-state index contributed by atoms with van der Waals surface area (Å²) in [6, 6.07) is 1.50. The van der Waals surface area contributed by atoms with Gasteiger partial charge < -0.3 is 20.3 Å². The van der Waals surface area contributed by atoms with Crippen molar-refractivity contribution in [2.75, 3.05) is 12.3 Å². The molecular formula is C25H43N3O5. The number of nitrogen functional groups attached to an aromatic ring is 1. The minimum Gasteiger partial charge on any atom is -0.463 e. The van der Waals surface area contributed by atoms with Gasteiger partial charge in [-0.3, -0.25) is 9.36 Å². The molecule has 188 valence electrons. The highest BCUT2D eigenvalue weighted by molar-refractivity contribution is 5.69. The van der Waals surface area contributed by atoms with E-state index in [4.69, 9.17) is 15.2 Å². The van der Waals surface area contributed by atoms with Crippen molar-refractivity contribution in [2.24, 2.45) is 0 Å². The minimum absolute atomic E-state index is 0.0217. The molecule has 1 aliphatic heterocycles. The third kappa shape index (κ3) is 10.7. The van der Waals surface area contributed by atoms with Crippen molar-refractivity contribution in [3.8, 4) is 0 Å². The molecule has 1 aromatic rings. The molecule has 2 rings (SSSR count). The lowest BCUT2D eigenvalue weighted by molar-refractivity contribution is -0.150. The second kappa shape index (κ2) is 15.8. The largest absolute Gasteiger partial charge is 0.463 e. The number of nitrogens with zero attached hydrogens (tertiary/aromatic N) is 2. The molecular weight excluding hydrogens is 422 g/mol. The van der Waals surface area contributed by atoms with Crippen LogP contribution in [0.4, 0.5) is 5.82 Å². The Labute approximate surface area is 197 Å². The van der Waals surface area contributed by atoms with Crippen LogP contribution < -0.4 is 11.4 Å². The normalized spacial score (nSPS) is 20.2. The fourth-order valence-corrected chi connectivity index (χ4v) is 4.22. The van der Waals surface area contributed by atoms with E-state index >= 15 is 0 Å². The lowest BCUT2D eigenvalue weighted by atomic mass is 10.0. The number of aromatic nitrogens is 2. The SMILES string of the molecule is CCCCCCCCCCCCCCCC(=O)OC[C@H]1O[C@@H](n2ccc(N)nc2=O)C[C@@H]1O. The monoisotopic (exact) mass is 465 g/mol. The first-order valence-electron chi connectivity index (χ1n) is 12.8. The molecule has 1 aromatic heterocycles. The molecule has 0 amide bonds. The van der Waals surface area contributed by atoms with Crippen molar-refractivity contribution < 1.29 is 19.4 Å². The Morgan fingerprint density at radius 3 is 2.24 bits per heavy atom. The molecule has 0 radical (unpaired) electrons. The molecule has 0 spiro atoms. The van der Waals surface area contributed by atoms with Crippen molar-refractivity contribution in [3.05, 3.63) is 22.7 Å². The summed E-state index contributed by atoms with van der Waals surface area (Å²) >= 11 is 0. The van der Waals surface area contributed by atoms with Crippen molar-refractivity contribution >= 4 is 11.8 Å². The predicted octanol–water partition coefficient (Wildman–Crippen LogP) is 4.50.